The van der Waals surface area contributed by atoms with Crippen LogP contribution in [-0.4, -0.2) is 108 Å². The third-order valence-electron chi connectivity index (χ3n) is 10.3. The Kier molecular flexibility index (Phi) is 15.4. The first-order valence-electron chi connectivity index (χ1n) is 19.5. The first-order chi connectivity index (χ1) is 26.9. The van der Waals surface area contributed by atoms with Crippen molar-refractivity contribution in [1.82, 2.24) is 26.2 Å². The molecule has 3 aliphatic heterocycles. The summed E-state index contributed by atoms with van der Waals surface area (Å²) in [6, 6.07) is 6.70. The largest absolute Gasteiger partial charge is 0.491 e. The highest BCUT2D eigenvalue weighted by molar-refractivity contribution is 6.62. The Hall–Kier alpha value is -4.77. The normalized spacial score (nSPS) is 17.6. The maximum Gasteiger partial charge on any atom is 0.491 e. The van der Waals surface area contributed by atoms with Crippen molar-refractivity contribution < 1.29 is 53.2 Å². The van der Waals surface area contributed by atoms with Crippen molar-refractivity contribution in [2.24, 2.45) is 0 Å². The molecule has 2 aromatic rings. The highest BCUT2D eigenvalue weighted by Gasteiger charge is 2.42. The number of rotatable bonds is 20. The van der Waals surface area contributed by atoms with Gasteiger partial charge in [0, 0.05) is 43.2 Å². The maximum atomic E-state index is 14.1. The second kappa shape index (κ2) is 20.4. The fraction of sp³-hybridized carbons (Fsp3) is 0.526. The monoisotopic (exact) mass is 775 g/mol. The lowest BCUT2D eigenvalue weighted by Gasteiger charge is -2.26. The average molecular weight is 775 g/mol. The molecule has 16 nitrogen and oxygen atoms in total. The number of amides is 5. The molecule has 5 amide bonds. The van der Waals surface area contributed by atoms with Gasteiger partial charge in [-0.3, -0.25) is 28.8 Å². The molecule has 1 fully saturated rings. The highest BCUT2D eigenvalue weighted by Crippen LogP contribution is 2.23. The molecule has 3 aliphatic rings. The minimum atomic E-state index is -1.21. The number of carboxylic acids is 1. The first kappa shape index (κ1) is 42.4. The van der Waals surface area contributed by atoms with Crippen LogP contribution < -0.4 is 32.2 Å². The molecule has 7 N–H and O–H groups in total. The lowest BCUT2D eigenvalue weighted by molar-refractivity contribution is -0.137. The first-order valence-corrected chi connectivity index (χ1v) is 19.5. The predicted octanol–water partition coefficient (Wildman–Crippen LogP) is -0.142. The van der Waals surface area contributed by atoms with Gasteiger partial charge in [-0.05, 0) is 78.4 Å². The van der Waals surface area contributed by atoms with Crippen LogP contribution in [0.5, 0.6) is 0 Å². The van der Waals surface area contributed by atoms with E-state index >= 15 is 0 Å². The summed E-state index contributed by atoms with van der Waals surface area (Å²) in [5.41, 5.74) is 2.84. The molecule has 2 aromatic carbocycles. The third kappa shape index (κ3) is 11.4. The number of nitrogens with zero attached hydrogens (tertiary/aromatic N) is 1. The smallest absolute Gasteiger partial charge is 0.481 e. The molecule has 5 rings (SSSR count). The fourth-order valence-electron chi connectivity index (χ4n) is 7.18. The van der Waals surface area contributed by atoms with Gasteiger partial charge < -0.3 is 50.6 Å². The Balaban J connectivity index is 1.27. The van der Waals surface area contributed by atoms with Crippen LogP contribution in [-0.2, 0) is 41.7 Å². The Bertz CT molecular complexity index is 1760. The van der Waals surface area contributed by atoms with Crippen molar-refractivity contribution in [2.45, 2.75) is 109 Å². The molecule has 18 heteroatoms. The van der Waals surface area contributed by atoms with Crippen molar-refractivity contribution in [3.63, 3.8) is 0 Å². The van der Waals surface area contributed by atoms with Crippen molar-refractivity contribution >= 4 is 60.7 Å². The molecule has 3 heterocycles. The van der Waals surface area contributed by atoms with Gasteiger partial charge in [-0.25, -0.2) is 0 Å². The number of benzene rings is 2. The summed E-state index contributed by atoms with van der Waals surface area (Å²) in [4.78, 5) is 79.6. The van der Waals surface area contributed by atoms with Crippen LogP contribution in [0.3, 0.4) is 0 Å². The van der Waals surface area contributed by atoms with Gasteiger partial charge >= 0.3 is 20.2 Å². The van der Waals surface area contributed by atoms with E-state index in [2.05, 4.69) is 28.2 Å². The maximum absolute atomic E-state index is 14.1. The number of nitrogens with one attached hydrogen (secondary N) is 4. The average Bonchev–Trinajstić information content (AvgIpc) is 3.89. The van der Waals surface area contributed by atoms with E-state index in [0.717, 1.165) is 43.2 Å². The van der Waals surface area contributed by atoms with E-state index in [1.807, 2.05) is 0 Å². The van der Waals surface area contributed by atoms with E-state index in [-0.39, 0.29) is 62.6 Å². The molecule has 56 heavy (non-hydrogen) atoms. The quantitative estimate of drug-likeness (QED) is 0.0691. The van der Waals surface area contributed by atoms with E-state index < -0.39 is 62.0 Å². The number of carbonyl (C=O) groups excluding carboxylic acids is 5. The summed E-state index contributed by atoms with van der Waals surface area (Å²) >= 11 is 0. The summed E-state index contributed by atoms with van der Waals surface area (Å²) < 4.78 is 10.5. The van der Waals surface area contributed by atoms with Crippen LogP contribution in [0.25, 0.3) is 0 Å². The number of unbranched alkanes of at least 4 members (excludes halogenated alkanes) is 5. The van der Waals surface area contributed by atoms with E-state index in [1.54, 1.807) is 24.3 Å². The summed E-state index contributed by atoms with van der Waals surface area (Å²) in [6.45, 7) is 2.71. The van der Waals surface area contributed by atoms with Crippen molar-refractivity contribution in [2.75, 3.05) is 19.6 Å². The van der Waals surface area contributed by atoms with Gasteiger partial charge in [0.2, 0.25) is 17.7 Å². The number of carbonyl (C=O) groups is 6. The molecule has 0 aliphatic carbocycles. The second-order valence-electron chi connectivity index (χ2n) is 14.5. The molecular formula is C38H51B2N5O11. The predicted molar refractivity (Wildman–Crippen MR) is 206 cm³/mol. The second-order valence-corrected chi connectivity index (χ2v) is 14.5. The zero-order valence-electron chi connectivity index (χ0n) is 31.7. The van der Waals surface area contributed by atoms with Crippen molar-refractivity contribution in [1.29, 1.82) is 0 Å². The lowest BCUT2D eigenvalue weighted by atomic mass is 9.78. The summed E-state index contributed by atoms with van der Waals surface area (Å²) in [5.74, 6) is -3.40. The molecule has 1 saturated heterocycles. The fourth-order valence-corrected chi connectivity index (χ4v) is 7.18. The van der Waals surface area contributed by atoms with E-state index in [0.29, 0.717) is 36.7 Å². The summed E-state index contributed by atoms with van der Waals surface area (Å²) in [7, 11) is -2.36. The minimum Gasteiger partial charge on any atom is -0.481 e. The molecule has 0 aromatic heterocycles. The lowest BCUT2D eigenvalue weighted by Crippen LogP contribution is -2.53. The number of hydrogen-bond donors (Lipinski definition) is 7. The Morgan fingerprint density at radius 3 is 2.16 bits per heavy atom. The van der Waals surface area contributed by atoms with Crippen LogP contribution in [0.4, 0.5) is 0 Å². The van der Waals surface area contributed by atoms with Gasteiger partial charge in [-0.2, -0.15) is 0 Å². The highest BCUT2D eigenvalue weighted by atomic mass is 16.5. The zero-order chi connectivity index (χ0) is 40.2. The number of likely N-dealkylation sites (tertiary alicyclic amines) is 1. The van der Waals surface area contributed by atoms with Gasteiger partial charge in [0.1, 0.15) is 12.1 Å². The molecule has 0 bridgehead atoms. The topological polar surface area (TPSA) is 233 Å². The van der Waals surface area contributed by atoms with E-state index in [1.165, 1.54) is 17.0 Å². The van der Waals surface area contributed by atoms with Crippen LogP contribution in [0, 0.1) is 0 Å². The van der Waals surface area contributed by atoms with E-state index in [9.17, 15) is 38.8 Å². The summed E-state index contributed by atoms with van der Waals surface area (Å²) in [6.07, 6.45) is 6.45. The van der Waals surface area contributed by atoms with Gasteiger partial charge in [-0.1, -0.05) is 44.7 Å². The number of carboxylic acid groups (broad SMARTS) is 1. The molecule has 3 atom stereocenters. The molecule has 0 saturated carbocycles. The Morgan fingerprint density at radius 1 is 0.821 bits per heavy atom. The van der Waals surface area contributed by atoms with E-state index in [4.69, 9.17) is 14.4 Å². The van der Waals surface area contributed by atoms with Crippen LogP contribution in [0.2, 0.25) is 0 Å². The molecule has 0 spiro atoms. The minimum absolute atomic E-state index is 0.00843. The SMILES string of the molecule is CCCCCCCC(=O)NCCCC[C@H](NC(=O)[C@@H]1C[C@@H](NC(=O)c2ccc3c(c2)B(O)OC3)CN1C(=O)c1ccc2c(c1)B(O)OC2)C(=O)NCCC(=O)O. The van der Waals surface area contributed by atoms with Crippen LogP contribution in [0.1, 0.15) is 109 Å². The molecule has 0 unspecified atom stereocenters. The van der Waals surface area contributed by atoms with Crippen LogP contribution >= 0.6 is 0 Å². The molecule has 0 radical (unpaired) electrons. The molecule has 300 valence electrons. The Labute approximate surface area is 326 Å². The number of hydrogen-bond acceptors (Lipinski definition) is 10. The van der Waals surface area contributed by atoms with Gasteiger partial charge in [-0.15, -0.1) is 0 Å². The third-order valence-corrected chi connectivity index (χ3v) is 10.3. The standard InChI is InChI=1S/C38H51B2N5O11/c1-2-3-4-5-6-10-33(46)41-16-8-7-9-31(36(50)42-17-15-34(47)48)44-37(51)32-20-28(43-35(49)24-11-13-26-22-55-39(53)29(26)18-24)21-45(32)38(52)25-12-14-27-23-56-40(54)30(27)19-25/h11-14,18-19,28,31-32,53-54H,2-10,15-17,20-23H2,1H3,(H,41,46)(H,42,50)(H,43,49)(H,44,51)(H,47,48)/t28-,31+,32+/m1/s1. The van der Waals surface area contributed by atoms with Crippen molar-refractivity contribution in [3.8, 4) is 0 Å². The number of aliphatic carboxylic acids is 1. The molecular weight excluding hydrogens is 724 g/mol. The number of fused-ring (bicyclic) bond motifs is 2. The zero-order valence-corrected chi connectivity index (χ0v) is 31.7. The van der Waals surface area contributed by atoms with Gasteiger partial charge in [0.15, 0.2) is 0 Å². The van der Waals surface area contributed by atoms with Crippen LogP contribution in [0.15, 0.2) is 36.4 Å². The van der Waals surface area contributed by atoms with Gasteiger partial charge in [0.25, 0.3) is 11.8 Å². The van der Waals surface area contributed by atoms with Crippen molar-refractivity contribution in [3.05, 3.63) is 58.7 Å². The summed E-state index contributed by atoms with van der Waals surface area (Å²) in [5, 5.41) is 40.6. The van der Waals surface area contributed by atoms with Gasteiger partial charge in [0.05, 0.1) is 19.6 Å². The Morgan fingerprint density at radius 2 is 1.48 bits per heavy atom.